The van der Waals surface area contributed by atoms with E-state index in [2.05, 4.69) is 16.0 Å². The number of aryl methyl sites for hydroxylation is 1. The van der Waals surface area contributed by atoms with Gasteiger partial charge in [0.2, 0.25) is 70.9 Å². The van der Waals surface area contributed by atoms with Crippen molar-refractivity contribution < 1.29 is 70.7 Å². The Morgan fingerprint density at radius 2 is 1.23 bits per heavy atom. The third kappa shape index (κ3) is 19.7. The zero-order chi connectivity index (χ0) is 73.0. The number of hydrogen-bond donors (Lipinski definition) is 3. The summed E-state index contributed by atoms with van der Waals surface area (Å²) >= 11 is 6.15. The van der Waals surface area contributed by atoms with Gasteiger partial charge in [-0.1, -0.05) is 103 Å². The Hall–Kier alpha value is -7.06. The summed E-state index contributed by atoms with van der Waals surface area (Å²) in [6.07, 6.45) is 5.74. The van der Waals surface area contributed by atoms with Gasteiger partial charge in [0.15, 0.2) is 0 Å². The van der Waals surface area contributed by atoms with Crippen LogP contribution in [0, 0.1) is 23.7 Å². The number of halogens is 4. The van der Waals surface area contributed by atoms with Crippen molar-refractivity contribution in [3.8, 4) is 0 Å². The van der Waals surface area contributed by atoms with Gasteiger partial charge < -0.3 is 60.0 Å². The fourth-order valence-electron chi connectivity index (χ4n) is 15.2. The number of likely N-dealkylation sites (N-methyl/N-ethyl adjacent to an activating group) is 7. The van der Waals surface area contributed by atoms with E-state index in [9.17, 15) is 51.5 Å². The van der Waals surface area contributed by atoms with Crippen molar-refractivity contribution in [2.24, 2.45) is 23.7 Å². The Morgan fingerprint density at radius 3 is 1.82 bits per heavy atom. The third-order valence-electron chi connectivity index (χ3n) is 21.9. The smallest absolute Gasteiger partial charge is 0.343 e. The summed E-state index contributed by atoms with van der Waals surface area (Å²) in [7, 11) is 9.98. The summed E-state index contributed by atoms with van der Waals surface area (Å²) in [5.74, 6) is -8.72. The van der Waals surface area contributed by atoms with E-state index in [0.717, 1.165) is 78.2 Å². The second-order valence-electron chi connectivity index (χ2n) is 29.5. The lowest BCUT2D eigenvalue weighted by Crippen LogP contribution is -2.68. The summed E-state index contributed by atoms with van der Waals surface area (Å²) in [5, 5.41) is 8.11. The van der Waals surface area contributed by atoms with Gasteiger partial charge in [0.25, 0.3) is 0 Å². The Balaban J connectivity index is 1.27. The predicted octanol–water partition coefficient (Wildman–Crippen LogP) is 5.64. The maximum absolute atomic E-state index is 15.7. The molecule has 3 heterocycles. The van der Waals surface area contributed by atoms with Gasteiger partial charge in [0.1, 0.15) is 47.8 Å². The normalized spacial score (nSPS) is 26.8. The van der Waals surface area contributed by atoms with Crippen molar-refractivity contribution in [1.29, 1.82) is 0 Å². The monoisotopic (exact) mass is 1410 g/mol. The minimum Gasteiger partial charge on any atom is -0.343 e. The molecule has 1 aromatic rings. The van der Waals surface area contributed by atoms with E-state index in [0.29, 0.717) is 63.6 Å². The van der Waals surface area contributed by atoms with Crippen LogP contribution in [-0.4, -0.2) is 251 Å². The van der Waals surface area contributed by atoms with Crippen LogP contribution in [0.15, 0.2) is 18.2 Å². The van der Waals surface area contributed by atoms with Crippen molar-refractivity contribution in [2.75, 3.05) is 88.6 Å². The minimum absolute atomic E-state index is 0.0207. The fourth-order valence-corrected chi connectivity index (χ4v) is 15.5. The van der Waals surface area contributed by atoms with E-state index >= 15 is 19.2 Å². The van der Waals surface area contributed by atoms with Gasteiger partial charge in [-0.15, -0.1) is 0 Å². The van der Waals surface area contributed by atoms with E-state index in [1.54, 1.807) is 11.8 Å². The molecule has 0 bridgehead atoms. The van der Waals surface area contributed by atoms with E-state index in [1.165, 1.54) is 79.9 Å². The van der Waals surface area contributed by atoms with Crippen LogP contribution in [0.1, 0.15) is 180 Å². The number of hydrogen-bond acceptors (Lipinski definition) is 12. The van der Waals surface area contributed by atoms with Gasteiger partial charge in [-0.05, 0) is 125 Å². The largest absolute Gasteiger partial charge is 0.417 e. The van der Waals surface area contributed by atoms with Crippen LogP contribution in [0.5, 0.6) is 0 Å². The number of rotatable bonds is 11. The molecule has 7 rings (SSSR count). The highest BCUT2D eigenvalue weighted by Crippen LogP contribution is 2.39. The molecule has 99 heavy (non-hydrogen) atoms. The highest BCUT2D eigenvalue weighted by Gasteiger charge is 2.53. The van der Waals surface area contributed by atoms with Crippen LogP contribution < -0.4 is 16.0 Å². The molecule has 3 aliphatic carbocycles. The van der Waals surface area contributed by atoms with E-state index in [-0.39, 0.29) is 63.3 Å². The Morgan fingerprint density at radius 1 is 0.626 bits per heavy atom. The van der Waals surface area contributed by atoms with Gasteiger partial charge in [-0.3, -0.25) is 57.5 Å². The molecule has 3 aliphatic heterocycles. The van der Waals surface area contributed by atoms with Gasteiger partial charge in [0.05, 0.1) is 36.6 Å². The van der Waals surface area contributed by atoms with E-state index < -0.39 is 173 Å². The lowest BCUT2D eigenvalue weighted by molar-refractivity contribution is -0.158. The highest BCUT2D eigenvalue weighted by atomic mass is 35.5. The minimum atomic E-state index is -4.76. The van der Waals surface area contributed by atoms with Crippen LogP contribution in [0.2, 0.25) is 5.02 Å². The molecular formula is C71H108ClF3N12O12. The molecular weight excluding hydrogens is 1310 g/mol. The molecule has 12 amide bonds. The quantitative estimate of drug-likeness (QED) is 0.243. The average Bonchev–Trinajstić information content (AvgIpc) is 1.46. The summed E-state index contributed by atoms with van der Waals surface area (Å²) < 4.78 is 41.6. The first kappa shape index (κ1) is 79.3. The number of fused-ring (bicyclic) bond motifs is 1. The molecule has 24 nitrogen and oxygen atoms in total. The molecule has 8 atom stereocenters. The lowest BCUT2D eigenvalue weighted by Gasteiger charge is -2.47. The topological polar surface area (TPSA) is 270 Å². The van der Waals surface area contributed by atoms with Crippen molar-refractivity contribution in [3.05, 3.63) is 34.3 Å². The molecule has 552 valence electrons. The molecule has 6 fully saturated rings. The predicted molar refractivity (Wildman–Crippen MR) is 364 cm³/mol. The number of carbonyl (C=O) groups is 12. The average molecular weight is 1410 g/mol. The zero-order valence-electron chi connectivity index (χ0n) is 60.0. The lowest BCUT2D eigenvalue weighted by atomic mass is 9.74. The van der Waals surface area contributed by atoms with Crippen LogP contribution in [0.4, 0.5) is 13.2 Å². The van der Waals surface area contributed by atoms with Crippen LogP contribution >= 0.6 is 11.6 Å². The SMILES string of the molecule is CC[C@H](C)[C@@H]1NC(=O)[C@H](CC(C)C)N(C)C(=O)C[C@@H](C(=O)N2CCCC2)N(C)C(=O)[C@H](C2CCCCC2)N(C)C(=O)C2(CCC2)NC(=O)C2CCCN2C(=O)[C@H](CCc2ccc(C(F)(F)F)c(Cl)c2)NC(=O)CN(C)C(=O)[C@H](CC2CCCCC2)N(C)C(=O)CN(C)C(=O)CN(C)C1=O. The zero-order valence-corrected chi connectivity index (χ0v) is 60.8. The highest BCUT2D eigenvalue weighted by molar-refractivity contribution is 6.31. The number of amides is 12. The van der Waals surface area contributed by atoms with Gasteiger partial charge >= 0.3 is 6.18 Å². The maximum Gasteiger partial charge on any atom is 0.417 e. The number of benzene rings is 1. The molecule has 1 aromatic carbocycles. The van der Waals surface area contributed by atoms with Crippen LogP contribution in [0.3, 0.4) is 0 Å². The number of carbonyl (C=O) groups excluding carboxylic acids is 12. The molecule has 1 spiro atoms. The Bertz CT molecular complexity index is 3100. The first-order valence-corrected chi connectivity index (χ1v) is 36.2. The summed E-state index contributed by atoms with van der Waals surface area (Å²) in [4.78, 5) is 190. The van der Waals surface area contributed by atoms with Crippen molar-refractivity contribution in [2.45, 2.75) is 229 Å². The van der Waals surface area contributed by atoms with Crippen LogP contribution in [-0.2, 0) is 70.1 Å². The second kappa shape index (κ2) is 35.0. The molecule has 28 heteroatoms. The summed E-state index contributed by atoms with van der Waals surface area (Å²) in [5.41, 5.74) is -2.31. The van der Waals surface area contributed by atoms with Gasteiger partial charge in [-0.25, -0.2) is 0 Å². The fraction of sp³-hybridized carbons (Fsp3) is 0.746. The van der Waals surface area contributed by atoms with Gasteiger partial charge in [0, 0.05) is 69.0 Å². The first-order chi connectivity index (χ1) is 46.7. The maximum atomic E-state index is 15.7. The number of nitrogens with zero attached hydrogens (tertiary/aromatic N) is 9. The number of alkyl halides is 3. The third-order valence-corrected chi connectivity index (χ3v) is 22.2. The molecule has 3 N–H and O–H groups in total. The molecule has 3 saturated heterocycles. The van der Waals surface area contributed by atoms with Crippen molar-refractivity contribution in [3.63, 3.8) is 0 Å². The standard InChI is InChI=1S/C71H108ClF3N12O12/c1-12-45(4)60-67(97)81(7)42-58(90)79(5)43-59(91)83(9)54(39-46-23-15-13-16-24-46)65(95)80(6)41-56(88)76-51(31-29-47-28-30-49(50(72)38-47)71(73,74)75)64(94)87-36-21-27-52(87)63(93)78-70(32-22-33-70)69(99)85(11)61(48-25-17-14-18-26-48)68(98)84(10)55(66(96)86-34-19-20-35-86)40-57(89)82(8)53(37-44(2)3)62(92)77-60/h28,30,38,44-46,48,51-55,60-61H,12-27,29,31-37,39-43H2,1-11H3,(H,76,88)(H,77,92)(H,78,93)/t45-,51-,52?,53-,54-,55-,60-,61-/m0/s1. The Labute approximate surface area is 586 Å². The summed E-state index contributed by atoms with van der Waals surface area (Å²) in [6.45, 7) is 6.45. The number of likely N-dealkylation sites (tertiary alicyclic amines) is 1. The Kier molecular flexibility index (Phi) is 28.0. The van der Waals surface area contributed by atoms with E-state index in [1.807, 2.05) is 20.8 Å². The van der Waals surface area contributed by atoms with E-state index in [4.69, 9.17) is 11.6 Å². The van der Waals surface area contributed by atoms with Gasteiger partial charge in [-0.2, -0.15) is 13.2 Å². The summed E-state index contributed by atoms with van der Waals surface area (Å²) in [6, 6.07) is -5.50. The molecule has 1 unspecified atom stereocenters. The molecule has 6 aliphatic rings. The number of nitrogens with one attached hydrogen (secondary N) is 3. The van der Waals surface area contributed by atoms with Crippen molar-refractivity contribution in [1.82, 2.24) is 60.0 Å². The second-order valence-corrected chi connectivity index (χ2v) is 29.9. The molecule has 3 saturated carbocycles. The van der Waals surface area contributed by atoms with Crippen molar-refractivity contribution >= 4 is 82.5 Å². The molecule has 0 radical (unpaired) electrons. The molecule has 0 aromatic heterocycles. The first-order valence-electron chi connectivity index (χ1n) is 35.9. The van der Waals surface area contributed by atoms with Crippen LogP contribution in [0.25, 0.3) is 0 Å².